The van der Waals surface area contributed by atoms with Crippen LogP contribution < -0.4 is 10.6 Å². The van der Waals surface area contributed by atoms with Gasteiger partial charge in [-0.1, -0.05) is 44.3 Å². The molecule has 19 heavy (non-hydrogen) atoms. The summed E-state index contributed by atoms with van der Waals surface area (Å²) in [5, 5.41) is 0. The molecule has 0 atom stereocenters. The van der Waals surface area contributed by atoms with Crippen LogP contribution in [0, 0.1) is 5.41 Å². The Morgan fingerprint density at radius 3 is 2.74 bits per heavy atom. The molecule has 0 aliphatic carbocycles. The molecule has 1 aromatic carbocycles. The molecule has 0 spiro atoms. The van der Waals surface area contributed by atoms with Gasteiger partial charge in [-0.3, -0.25) is 4.79 Å². The molecular formula is C15H20N2OS. The summed E-state index contributed by atoms with van der Waals surface area (Å²) < 4.78 is 0. The Labute approximate surface area is 119 Å². The number of amides is 1. The maximum Gasteiger partial charge on any atom is 0.227 e. The summed E-state index contributed by atoms with van der Waals surface area (Å²) in [7, 11) is 0. The third-order valence-electron chi connectivity index (χ3n) is 3.82. The fourth-order valence-electron chi connectivity index (χ4n) is 2.26. The first-order valence-corrected chi connectivity index (χ1v) is 7.01. The second-order valence-electron chi connectivity index (χ2n) is 5.67. The van der Waals surface area contributed by atoms with Gasteiger partial charge in [0.05, 0.1) is 4.99 Å². The van der Waals surface area contributed by atoms with Crippen molar-refractivity contribution in [1.29, 1.82) is 0 Å². The van der Waals surface area contributed by atoms with Crippen molar-refractivity contribution >= 4 is 28.8 Å². The van der Waals surface area contributed by atoms with Gasteiger partial charge in [-0.2, -0.15) is 0 Å². The van der Waals surface area contributed by atoms with E-state index in [1.165, 1.54) is 5.56 Å². The number of nitrogens with two attached hydrogens (primary N) is 1. The average molecular weight is 276 g/mol. The van der Waals surface area contributed by atoms with Gasteiger partial charge in [0.25, 0.3) is 0 Å². The van der Waals surface area contributed by atoms with Gasteiger partial charge in [0.1, 0.15) is 0 Å². The number of hydrogen-bond donors (Lipinski definition) is 1. The van der Waals surface area contributed by atoms with Gasteiger partial charge in [-0.25, -0.2) is 0 Å². The second kappa shape index (κ2) is 5.29. The summed E-state index contributed by atoms with van der Waals surface area (Å²) in [6.07, 6.45) is 2.21. The zero-order valence-electron chi connectivity index (χ0n) is 11.5. The fraction of sp³-hybridized carbons (Fsp3) is 0.467. The Balaban J connectivity index is 2.16. The van der Waals surface area contributed by atoms with Gasteiger partial charge < -0.3 is 10.6 Å². The highest BCUT2D eigenvalue weighted by Gasteiger charge is 2.27. The van der Waals surface area contributed by atoms with E-state index in [4.69, 9.17) is 18.0 Å². The molecule has 2 rings (SSSR count). The fourth-order valence-corrected chi connectivity index (χ4v) is 2.36. The van der Waals surface area contributed by atoms with Gasteiger partial charge >= 0.3 is 0 Å². The number of aryl methyl sites for hydroxylation is 1. The molecule has 0 radical (unpaired) electrons. The minimum absolute atomic E-state index is 0.192. The van der Waals surface area contributed by atoms with Crippen molar-refractivity contribution in [2.75, 3.05) is 11.4 Å². The number of rotatable bonds is 4. The molecule has 2 N–H and O–H groups in total. The third-order valence-corrected chi connectivity index (χ3v) is 4.37. The van der Waals surface area contributed by atoms with Gasteiger partial charge in [-0.05, 0) is 24.5 Å². The number of benzene rings is 1. The first-order valence-electron chi connectivity index (χ1n) is 6.60. The Morgan fingerprint density at radius 1 is 1.37 bits per heavy atom. The highest BCUT2D eigenvalue weighted by atomic mass is 32.1. The number of nitrogens with zero attached hydrogens (tertiary/aromatic N) is 1. The van der Waals surface area contributed by atoms with Gasteiger partial charge in [-0.15, -0.1) is 0 Å². The van der Waals surface area contributed by atoms with Crippen molar-refractivity contribution < 1.29 is 4.79 Å². The monoisotopic (exact) mass is 276 g/mol. The molecule has 1 heterocycles. The molecule has 0 fully saturated rings. The minimum Gasteiger partial charge on any atom is -0.393 e. The van der Waals surface area contributed by atoms with Crippen LogP contribution in [-0.4, -0.2) is 17.4 Å². The lowest BCUT2D eigenvalue weighted by Crippen LogP contribution is -2.40. The van der Waals surface area contributed by atoms with Crippen LogP contribution >= 0.6 is 12.2 Å². The van der Waals surface area contributed by atoms with Crippen LogP contribution in [0.5, 0.6) is 0 Å². The average Bonchev–Trinajstić information content (AvgIpc) is 2.37. The zero-order chi connectivity index (χ0) is 14.0. The second-order valence-corrected chi connectivity index (χ2v) is 6.11. The minimum atomic E-state index is -0.220. The molecule has 1 aliphatic heterocycles. The van der Waals surface area contributed by atoms with E-state index < -0.39 is 0 Å². The maximum absolute atomic E-state index is 12.1. The van der Waals surface area contributed by atoms with Gasteiger partial charge in [0, 0.05) is 24.1 Å². The van der Waals surface area contributed by atoms with Crippen molar-refractivity contribution in [2.45, 2.75) is 33.1 Å². The van der Waals surface area contributed by atoms with Crippen LogP contribution in [0.3, 0.4) is 0 Å². The number of anilines is 1. The maximum atomic E-state index is 12.1. The van der Waals surface area contributed by atoms with Crippen molar-refractivity contribution in [3.8, 4) is 0 Å². The molecule has 0 saturated carbocycles. The lowest BCUT2D eigenvalue weighted by Gasteiger charge is -2.32. The number of carbonyl (C=O) groups is 1. The number of carbonyl (C=O) groups excluding carboxylic acids is 1. The molecule has 1 aromatic rings. The smallest absolute Gasteiger partial charge is 0.227 e. The Hall–Kier alpha value is -1.42. The van der Waals surface area contributed by atoms with Crippen molar-refractivity contribution in [2.24, 2.45) is 11.1 Å². The molecule has 1 amide bonds. The number of hydrogen-bond acceptors (Lipinski definition) is 2. The summed E-state index contributed by atoms with van der Waals surface area (Å²) in [4.78, 5) is 14.5. The molecular weight excluding hydrogens is 256 g/mol. The molecule has 0 bridgehead atoms. The molecule has 4 heteroatoms. The van der Waals surface area contributed by atoms with E-state index in [0.717, 1.165) is 18.5 Å². The van der Waals surface area contributed by atoms with Crippen LogP contribution in [0.15, 0.2) is 24.3 Å². The summed E-state index contributed by atoms with van der Waals surface area (Å²) in [5.41, 5.74) is 7.81. The van der Waals surface area contributed by atoms with Crippen LogP contribution in [0.2, 0.25) is 0 Å². The van der Waals surface area contributed by atoms with Crippen LogP contribution in [0.1, 0.15) is 32.3 Å². The lowest BCUT2D eigenvalue weighted by molar-refractivity contribution is -0.118. The normalized spacial score (nSPS) is 15.3. The number of thiocarbonyl (C=S) groups is 1. The zero-order valence-corrected chi connectivity index (χ0v) is 12.3. The summed E-state index contributed by atoms with van der Waals surface area (Å²) in [6.45, 7) is 4.71. The Morgan fingerprint density at radius 2 is 2.05 bits per heavy atom. The summed E-state index contributed by atoms with van der Waals surface area (Å²) in [5.74, 6) is 0.192. The predicted octanol–water partition coefficient (Wildman–Crippen LogP) is 2.67. The molecule has 102 valence electrons. The number of para-hydroxylation sites is 1. The summed E-state index contributed by atoms with van der Waals surface area (Å²) in [6, 6.07) is 8.10. The Kier molecular flexibility index (Phi) is 3.90. The van der Waals surface area contributed by atoms with E-state index in [2.05, 4.69) is 6.07 Å². The highest BCUT2D eigenvalue weighted by Crippen LogP contribution is 2.29. The SMILES string of the molecule is CC(C)(CCN1C(=O)CCc2ccccc21)C(N)=S. The van der Waals surface area contributed by atoms with Crippen molar-refractivity contribution in [3.05, 3.63) is 29.8 Å². The van der Waals surface area contributed by atoms with Crippen LogP contribution in [-0.2, 0) is 11.2 Å². The van der Waals surface area contributed by atoms with E-state index in [-0.39, 0.29) is 11.3 Å². The molecule has 3 nitrogen and oxygen atoms in total. The van der Waals surface area contributed by atoms with Crippen molar-refractivity contribution in [1.82, 2.24) is 0 Å². The topological polar surface area (TPSA) is 46.3 Å². The quantitative estimate of drug-likeness (QED) is 0.860. The Bertz CT molecular complexity index is 511. The van der Waals surface area contributed by atoms with Crippen LogP contribution in [0.25, 0.3) is 0 Å². The van der Waals surface area contributed by atoms with Gasteiger partial charge in [0.2, 0.25) is 5.91 Å². The first-order chi connectivity index (χ1) is 8.92. The lowest BCUT2D eigenvalue weighted by atomic mass is 9.88. The number of fused-ring (bicyclic) bond motifs is 1. The highest BCUT2D eigenvalue weighted by molar-refractivity contribution is 7.80. The standard InChI is InChI=1S/C15H20N2OS/c1-15(2,14(16)19)9-10-17-12-6-4-3-5-11(12)7-8-13(17)18/h3-6H,7-10H2,1-2H3,(H2,16,19). The predicted molar refractivity (Wildman–Crippen MR) is 82.3 cm³/mol. The molecule has 0 saturated heterocycles. The molecule has 1 aliphatic rings. The molecule has 0 aromatic heterocycles. The first kappa shape index (κ1) is 14.0. The third kappa shape index (κ3) is 2.95. The summed E-state index contributed by atoms with van der Waals surface area (Å²) >= 11 is 5.08. The van der Waals surface area contributed by atoms with Crippen LogP contribution in [0.4, 0.5) is 5.69 Å². The largest absolute Gasteiger partial charge is 0.393 e. The van der Waals surface area contributed by atoms with Crippen molar-refractivity contribution in [3.63, 3.8) is 0 Å². The van der Waals surface area contributed by atoms with Gasteiger partial charge in [0.15, 0.2) is 0 Å². The van der Waals surface area contributed by atoms with E-state index in [0.29, 0.717) is 18.0 Å². The van der Waals surface area contributed by atoms with E-state index in [1.54, 1.807) is 0 Å². The van der Waals surface area contributed by atoms with E-state index in [9.17, 15) is 4.79 Å². The van der Waals surface area contributed by atoms with E-state index >= 15 is 0 Å². The van der Waals surface area contributed by atoms with E-state index in [1.807, 2.05) is 36.9 Å². The molecule has 0 unspecified atom stereocenters.